The molecule has 0 unspecified atom stereocenters. The highest BCUT2D eigenvalue weighted by Gasteiger charge is 2.20. The Hall–Kier alpha value is -1.26. The van der Waals surface area contributed by atoms with Crippen LogP contribution in [0, 0.1) is 5.92 Å². The first-order valence-electron chi connectivity index (χ1n) is 7.90. The molecular formula is C17H25ClN2O2. The zero-order valence-electron chi connectivity index (χ0n) is 13.4. The predicted octanol–water partition coefficient (Wildman–Crippen LogP) is 3.03. The van der Waals surface area contributed by atoms with Crippen molar-refractivity contribution in [3.05, 3.63) is 28.8 Å². The first-order valence-corrected chi connectivity index (χ1v) is 8.27. The third kappa shape index (κ3) is 4.14. The van der Waals surface area contributed by atoms with Crippen LogP contribution in [0.4, 0.5) is 5.69 Å². The van der Waals surface area contributed by atoms with Gasteiger partial charge in [-0.25, -0.2) is 0 Å². The monoisotopic (exact) mass is 324 g/mol. The van der Waals surface area contributed by atoms with Crippen molar-refractivity contribution in [2.24, 2.45) is 5.92 Å². The molecule has 1 aromatic rings. The molecule has 1 aliphatic heterocycles. The fraction of sp³-hybridized carbons (Fsp3) is 0.588. The van der Waals surface area contributed by atoms with Crippen LogP contribution in [-0.4, -0.2) is 49.7 Å². The maximum Gasteiger partial charge on any atom is 0.254 e. The Bertz CT molecular complexity index is 511. The Morgan fingerprint density at radius 1 is 1.36 bits per heavy atom. The summed E-state index contributed by atoms with van der Waals surface area (Å²) in [5, 5.41) is 9.42. The number of piperidine rings is 1. The van der Waals surface area contributed by atoms with Gasteiger partial charge in [0.25, 0.3) is 5.91 Å². The lowest BCUT2D eigenvalue weighted by molar-refractivity contribution is 0.0828. The van der Waals surface area contributed by atoms with Gasteiger partial charge >= 0.3 is 0 Å². The number of rotatable bonds is 5. The summed E-state index contributed by atoms with van der Waals surface area (Å²) in [6.45, 7) is 2.30. The maximum absolute atomic E-state index is 12.0. The van der Waals surface area contributed by atoms with Gasteiger partial charge in [-0.2, -0.15) is 0 Å². The van der Waals surface area contributed by atoms with E-state index in [9.17, 15) is 4.79 Å². The number of halogens is 1. The Kier molecular flexibility index (Phi) is 6.09. The minimum Gasteiger partial charge on any atom is -0.396 e. The van der Waals surface area contributed by atoms with Crippen molar-refractivity contribution in [1.29, 1.82) is 0 Å². The van der Waals surface area contributed by atoms with E-state index in [1.54, 1.807) is 14.1 Å². The van der Waals surface area contributed by atoms with E-state index in [2.05, 4.69) is 4.90 Å². The standard InChI is InChI=1S/C17H25ClN2O2/c1-19(2)17(22)15-6-5-14(12-16(15)18)20-9-7-13(8-10-20)4-3-11-21/h5-6,12-13,21H,3-4,7-11H2,1-2H3. The molecule has 1 heterocycles. The summed E-state index contributed by atoms with van der Waals surface area (Å²) in [5.74, 6) is 0.646. The molecule has 0 saturated carbocycles. The van der Waals surface area contributed by atoms with Crippen LogP contribution in [0.25, 0.3) is 0 Å². The molecule has 0 bridgehead atoms. The zero-order valence-corrected chi connectivity index (χ0v) is 14.1. The molecule has 0 spiro atoms. The number of hydrogen-bond donors (Lipinski definition) is 1. The van der Waals surface area contributed by atoms with E-state index in [0.29, 0.717) is 16.5 Å². The second kappa shape index (κ2) is 7.84. The highest BCUT2D eigenvalue weighted by atomic mass is 35.5. The molecule has 5 heteroatoms. The predicted molar refractivity (Wildman–Crippen MR) is 90.7 cm³/mol. The van der Waals surface area contributed by atoms with Gasteiger partial charge in [-0.3, -0.25) is 4.79 Å². The highest BCUT2D eigenvalue weighted by molar-refractivity contribution is 6.34. The van der Waals surface area contributed by atoms with Crippen molar-refractivity contribution in [2.45, 2.75) is 25.7 Å². The molecule has 1 saturated heterocycles. The zero-order chi connectivity index (χ0) is 16.1. The third-order valence-corrected chi connectivity index (χ3v) is 4.65. The number of aliphatic hydroxyl groups is 1. The molecule has 122 valence electrons. The van der Waals surface area contributed by atoms with E-state index in [-0.39, 0.29) is 12.5 Å². The number of carbonyl (C=O) groups is 1. The molecular weight excluding hydrogens is 300 g/mol. The van der Waals surface area contributed by atoms with E-state index in [0.717, 1.165) is 44.5 Å². The van der Waals surface area contributed by atoms with E-state index in [1.807, 2.05) is 18.2 Å². The molecule has 22 heavy (non-hydrogen) atoms. The van der Waals surface area contributed by atoms with Crippen LogP contribution in [0.1, 0.15) is 36.0 Å². The summed E-state index contributed by atoms with van der Waals surface area (Å²) in [6, 6.07) is 5.70. The topological polar surface area (TPSA) is 43.8 Å². The molecule has 1 N–H and O–H groups in total. The Labute approximate surface area is 137 Å². The third-order valence-electron chi connectivity index (χ3n) is 4.34. The molecule has 0 aliphatic carbocycles. The van der Waals surface area contributed by atoms with Crippen LogP contribution in [0.3, 0.4) is 0 Å². The Morgan fingerprint density at radius 2 is 2.05 bits per heavy atom. The van der Waals surface area contributed by atoms with Crippen LogP contribution in [-0.2, 0) is 0 Å². The highest BCUT2D eigenvalue weighted by Crippen LogP contribution is 2.29. The summed E-state index contributed by atoms with van der Waals surface area (Å²) in [5.41, 5.74) is 1.63. The first-order chi connectivity index (χ1) is 10.5. The number of benzene rings is 1. The van der Waals surface area contributed by atoms with Gasteiger partial charge in [0.05, 0.1) is 10.6 Å². The molecule has 0 aromatic heterocycles. The number of nitrogens with zero attached hydrogens (tertiary/aromatic N) is 2. The second-order valence-electron chi connectivity index (χ2n) is 6.16. The van der Waals surface area contributed by atoms with Gasteiger partial charge in [-0.05, 0) is 49.8 Å². The fourth-order valence-corrected chi connectivity index (χ4v) is 3.23. The van der Waals surface area contributed by atoms with Crippen molar-refractivity contribution in [2.75, 3.05) is 38.7 Å². The lowest BCUT2D eigenvalue weighted by atomic mass is 9.92. The molecule has 0 radical (unpaired) electrons. The van der Waals surface area contributed by atoms with Crippen LogP contribution < -0.4 is 4.90 Å². The molecule has 1 aromatic carbocycles. The van der Waals surface area contributed by atoms with Crippen molar-refractivity contribution >= 4 is 23.2 Å². The van der Waals surface area contributed by atoms with Gasteiger partial charge in [-0.15, -0.1) is 0 Å². The molecule has 4 nitrogen and oxygen atoms in total. The average molecular weight is 325 g/mol. The van der Waals surface area contributed by atoms with E-state index in [4.69, 9.17) is 16.7 Å². The Balaban J connectivity index is 2.00. The van der Waals surface area contributed by atoms with Gasteiger partial charge < -0.3 is 14.9 Å². The van der Waals surface area contributed by atoms with Gasteiger partial charge in [0, 0.05) is 39.5 Å². The van der Waals surface area contributed by atoms with Crippen LogP contribution in [0.5, 0.6) is 0 Å². The Morgan fingerprint density at radius 3 is 2.59 bits per heavy atom. The summed E-state index contributed by atoms with van der Waals surface area (Å²) in [4.78, 5) is 15.9. The summed E-state index contributed by atoms with van der Waals surface area (Å²) in [6.07, 6.45) is 4.31. The largest absolute Gasteiger partial charge is 0.396 e. The van der Waals surface area contributed by atoms with E-state index >= 15 is 0 Å². The molecule has 0 atom stereocenters. The molecule has 2 rings (SSSR count). The van der Waals surface area contributed by atoms with Crippen LogP contribution >= 0.6 is 11.6 Å². The number of anilines is 1. The van der Waals surface area contributed by atoms with Gasteiger partial charge in [-0.1, -0.05) is 11.6 Å². The minimum absolute atomic E-state index is 0.0701. The average Bonchev–Trinajstić information content (AvgIpc) is 2.52. The minimum atomic E-state index is -0.0701. The number of amides is 1. The summed E-state index contributed by atoms with van der Waals surface area (Å²) < 4.78 is 0. The molecule has 1 fully saturated rings. The van der Waals surface area contributed by atoms with Crippen LogP contribution in [0.2, 0.25) is 5.02 Å². The number of carbonyl (C=O) groups excluding carboxylic acids is 1. The van der Waals surface area contributed by atoms with Crippen molar-refractivity contribution in [3.63, 3.8) is 0 Å². The van der Waals surface area contributed by atoms with Crippen molar-refractivity contribution in [3.8, 4) is 0 Å². The van der Waals surface area contributed by atoms with E-state index < -0.39 is 0 Å². The SMILES string of the molecule is CN(C)C(=O)c1ccc(N2CCC(CCCO)CC2)cc1Cl. The number of hydrogen-bond acceptors (Lipinski definition) is 3. The van der Waals surface area contributed by atoms with Gasteiger partial charge in [0.1, 0.15) is 0 Å². The second-order valence-corrected chi connectivity index (χ2v) is 6.57. The lowest BCUT2D eigenvalue weighted by Gasteiger charge is -2.34. The quantitative estimate of drug-likeness (QED) is 0.905. The lowest BCUT2D eigenvalue weighted by Crippen LogP contribution is -2.33. The van der Waals surface area contributed by atoms with Gasteiger partial charge in [0.15, 0.2) is 0 Å². The number of aliphatic hydroxyl groups excluding tert-OH is 1. The molecule has 1 amide bonds. The van der Waals surface area contributed by atoms with Crippen molar-refractivity contribution < 1.29 is 9.90 Å². The van der Waals surface area contributed by atoms with Crippen LogP contribution in [0.15, 0.2) is 18.2 Å². The smallest absolute Gasteiger partial charge is 0.254 e. The van der Waals surface area contributed by atoms with Crippen molar-refractivity contribution in [1.82, 2.24) is 4.90 Å². The fourth-order valence-electron chi connectivity index (χ4n) is 2.97. The summed E-state index contributed by atoms with van der Waals surface area (Å²) >= 11 is 6.28. The molecule has 1 aliphatic rings. The van der Waals surface area contributed by atoms with E-state index in [1.165, 1.54) is 4.90 Å². The van der Waals surface area contributed by atoms with Gasteiger partial charge in [0.2, 0.25) is 0 Å². The first kappa shape index (κ1) is 17.1. The maximum atomic E-state index is 12.0. The normalized spacial score (nSPS) is 15.9. The summed E-state index contributed by atoms with van der Waals surface area (Å²) in [7, 11) is 3.45.